The van der Waals surface area contributed by atoms with Crippen molar-refractivity contribution in [2.75, 3.05) is 13.6 Å². The van der Waals surface area contributed by atoms with Crippen LogP contribution in [0.2, 0.25) is 0 Å². The molecule has 18 heavy (non-hydrogen) atoms. The summed E-state index contributed by atoms with van der Waals surface area (Å²) in [7, 11) is 2.21. The highest BCUT2D eigenvalue weighted by molar-refractivity contribution is 5.78. The minimum atomic E-state index is 0.0790. The molecule has 0 saturated carbocycles. The van der Waals surface area contributed by atoms with Crippen molar-refractivity contribution in [3.8, 4) is 0 Å². The van der Waals surface area contributed by atoms with Gasteiger partial charge in [-0.05, 0) is 38.8 Å². The largest absolute Gasteiger partial charge is 0.353 e. The van der Waals surface area contributed by atoms with Crippen molar-refractivity contribution in [1.29, 1.82) is 0 Å². The molecule has 1 rings (SSSR count). The van der Waals surface area contributed by atoms with E-state index in [4.69, 9.17) is 0 Å². The highest BCUT2D eigenvalue weighted by Gasteiger charge is 2.25. The molecule has 0 aliphatic carbocycles. The van der Waals surface area contributed by atoms with Crippen molar-refractivity contribution in [3.05, 3.63) is 0 Å². The van der Waals surface area contributed by atoms with Crippen LogP contribution in [-0.2, 0) is 4.79 Å². The fourth-order valence-electron chi connectivity index (χ4n) is 2.58. The first-order chi connectivity index (χ1) is 8.41. The summed E-state index contributed by atoms with van der Waals surface area (Å²) in [6.07, 6.45) is 5.01. The van der Waals surface area contributed by atoms with E-state index in [-0.39, 0.29) is 11.8 Å². The number of piperidine rings is 1. The molecule has 0 unspecified atom stereocenters. The number of hydrogen-bond acceptors (Lipinski definition) is 2. The average Bonchev–Trinajstić information content (AvgIpc) is 2.30. The molecular weight excluding hydrogens is 224 g/mol. The summed E-state index contributed by atoms with van der Waals surface area (Å²) >= 11 is 0. The molecule has 3 heteroatoms. The number of carbonyl (C=O) groups excluding carboxylic acids is 1. The van der Waals surface area contributed by atoms with Crippen LogP contribution in [0.25, 0.3) is 0 Å². The van der Waals surface area contributed by atoms with E-state index in [2.05, 4.69) is 31.1 Å². The van der Waals surface area contributed by atoms with Crippen LogP contribution in [0.15, 0.2) is 0 Å². The fraction of sp³-hybridized carbons (Fsp3) is 0.933. The van der Waals surface area contributed by atoms with Crippen molar-refractivity contribution >= 4 is 5.91 Å². The third kappa shape index (κ3) is 4.60. The van der Waals surface area contributed by atoms with Crippen molar-refractivity contribution in [3.63, 3.8) is 0 Å². The van der Waals surface area contributed by atoms with Gasteiger partial charge in [0.05, 0.1) is 0 Å². The predicted octanol–water partition coefficient (Wildman–Crippen LogP) is 2.66. The Morgan fingerprint density at radius 1 is 1.28 bits per heavy atom. The molecule has 0 aromatic heterocycles. The maximum Gasteiger partial charge on any atom is 0.222 e. The maximum atomic E-state index is 11.9. The van der Waals surface area contributed by atoms with Crippen molar-refractivity contribution in [1.82, 2.24) is 10.2 Å². The summed E-state index contributed by atoms with van der Waals surface area (Å²) < 4.78 is 0. The molecule has 1 N–H and O–H groups in total. The smallest absolute Gasteiger partial charge is 0.222 e. The van der Waals surface area contributed by atoms with E-state index in [0.29, 0.717) is 18.0 Å². The Kier molecular flexibility index (Phi) is 6.13. The van der Waals surface area contributed by atoms with Crippen molar-refractivity contribution in [2.45, 2.75) is 65.5 Å². The van der Waals surface area contributed by atoms with Crippen LogP contribution in [0, 0.1) is 11.8 Å². The minimum absolute atomic E-state index is 0.0790. The van der Waals surface area contributed by atoms with Crippen molar-refractivity contribution < 1.29 is 4.79 Å². The molecule has 1 fully saturated rings. The number of nitrogens with one attached hydrogen (secondary N) is 1. The molecule has 1 saturated heterocycles. The monoisotopic (exact) mass is 254 g/mol. The predicted molar refractivity (Wildman–Crippen MR) is 76.5 cm³/mol. The van der Waals surface area contributed by atoms with Crippen LogP contribution in [0.3, 0.4) is 0 Å². The summed E-state index contributed by atoms with van der Waals surface area (Å²) in [5.41, 5.74) is 0. The minimum Gasteiger partial charge on any atom is -0.353 e. The van der Waals surface area contributed by atoms with E-state index >= 15 is 0 Å². The number of amides is 1. The van der Waals surface area contributed by atoms with Gasteiger partial charge in [-0.1, -0.05) is 34.1 Å². The van der Waals surface area contributed by atoms with Crippen LogP contribution in [-0.4, -0.2) is 36.5 Å². The van der Waals surface area contributed by atoms with Crippen LogP contribution in [0.1, 0.15) is 53.4 Å². The van der Waals surface area contributed by atoms with Gasteiger partial charge < -0.3 is 10.2 Å². The van der Waals surface area contributed by atoms with E-state index in [0.717, 1.165) is 6.42 Å². The third-order valence-corrected chi connectivity index (χ3v) is 4.10. The second-order valence-electron chi connectivity index (χ2n) is 6.38. The van der Waals surface area contributed by atoms with E-state index in [1.54, 1.807) is 0 Å². The molecule has 1 heterocycles. The van der Waals surface area contributed by atoms with Gasteiger partial charge in [0.15, 0.2) is 0 Å². The summed E-state index contributed by atoms with van der Waals surface area (Å²) in [4.78, 5) is 14.3. The molecule has 0 aromatic rings. The van der Waals surface area contributed by atoms with Crippen LogP contribution < -0.4 is 5.32 Å². The molecule has 1 aliphatic rings. The highest BCUT2D eigenvalue weighted by atomic mass is 16.1. The number of nitrogens with zero attached hydrogens (tertiary/aromatic N) is 1. The number of rotatable bonds is 5. The van der Waals surface area contributed by atoms with Crippen molar-refractivity contribution in [2.24, 2.45) is 11.8 Å². The normalized spacial score (nSPS) is 23.4. The van der Waals surface area contributed by atoms with Gasteiger partial charge in [0.25, 0.3) is 0 Å². The number of hydrogen-bond donors (Lipinski definition) is 1. The zero-order valence-corrected chi connectivity index (χ0v) is 12.7. The lowest BCUT2D eigenvalue weighted by atomic mass is 9.91. The topological polar surface area (TPSA) is 32.3 Å². The first-order valence-electron chi connectivity index (χ1n) is 7.42. The number of carbonyl (C=O) groups is 1. The quantitative estimate of drug-likeness (QED) is 0.818. The summed E-state index contributed by atoms with van der Waals surface area (Å²) in [6.45, 7) is 9.52. The summed E-state index contributed by atoms with van der Waals surface area (Å²) in [5, 5.41) is 3.22. The van der Waals surface area contributed by atoms with Crippen LogP contribution >= 0.6 is 0 Å². The first kappa shape index (κ1) is 15.5. The van der Waals surface area contributed by atoms with Gasteiger partial charge in [0, 0.05) is 18.0 Å². The van der Waals surface area contributed by atoms with Crippen LogP contribution in [0.5, 0.6) is 0 Å². The Balaban J connectivity index is 2.54. The Morgan fingerprint density at radius 2 is 1.94 bits per heavy atom. The molecular formula is C15H30N2O. The number of likely N-dealkylation sites (tertiary alicyclic amines) is 1. The summed E-state index contributed by atoms with van der Waals surface area (Å²) in [5.74, 6) is 0.769. The van der Waals surface area contributed by atoms with Gasteiger partial charge in [0.1, 0.15) is 0 Å². The Labute approximate surface area is 112 Å². The first-order valence-corrected chi connectivity index (χ1v) is 7.42. The van der Waals surface area contributed by atoms with Gasteiger partial charge in [-0.3, -0.25) is 4.79 Å². The maximum absolute atomic E-state index is 11.9. The molecule has 106 valence electrons. The molecule has 3 nitrogen and oxygen atoms in total. The Morgan fingerprint density at radius 3 is 2.44 bits per heavy atom. The van der Waals surface area contributed by atoms with E-state index in [1.165, 1.54) is 25.8 Å². The Bertz CT molecular complexity index is 263. The van der Waals surface area contributed by atoms with Gasteiger partial charge in [-0.25, -0.2) is 0 Å². The van der Waals surface area contributed by atoms with Crippen LogP contribution in [0.4, 0.5) is 0 Å². The molecule has 2 atom stereocenters. The second-order valence-corrected chi connectivity index (χ2v) is 6.38. The molecule has 1 aliphatic heterocycles. The average molecular weight is 254 g/mol. The van der Waals surface area contributed by atoms with Gasteiger partial charge >= 0.3 is 0 Å². The lowest BCUT2D eigenvalue weighted by Gasteiger charge is -2.36. The van der Waals surface area contributed by atoms with Gasteiger partial charge in [-0.15, -0.1) is 0 Å². The lowest BCUT2D eigenvalue weighted by molar-refractivity contribution is -0.125. The lowest BCUT2D eigenvalue weighted by Crippen LogP contribution is -2.46. The van der Waals surface area contributed by atoms with E-state index < -0.39 is 0 Å². The molecule has 0 radical (unpaired) electrons. The zero-order valence-electron chi connectivity index (χ0n) is 12.7. The zero-order chi connectivity index (χ0) is 13.7. The van der Waals surface area contributed by atoms with E-state index in [1.807, 2.05) is 13.8 Å². The molecule has 0 aromatic carbocycles. The summed E-state index contributed by atoms with van der Waals surface area (Å²) in [6, 6.07) is 0.948. The standard InChI is InChI=1S/C15H30N2O/c1-11(2)14(16-15(18)12(3)4)10-13-8-6-7-9-17(13)5/h11-14H,6-10H2,1-5H3,(H,16,18)/t13-,14+/m0/s1. The molecule has 0 bridgehead atoms. The molecule has 0 spiro atoms. The fourth-order valence-corrected chi connectivity index (χ4v) is 2.58. The second kappa shape index (κ2) is 7.13. The molecule has 1 amide bonds. The highest BCUT2D eigenvalue weighted by Crippen LogP contribution is 2.21. The SMILES string of the molecule is CC(C)C(=O)N[C@H](C[C@@H]1CCCCN1C)C(C)C. The van der Waals surface area contributed by atoms with Gasteiger partial charge in [-0.2, -0.15) is 0 Å². The van der Waals surface area contributed by atoms with Gasteiger partial charge in [0.2, 0.25) is 5.91 Å². The Hall–Kier alpha value is -0.570. The third-order valence-electron chi connectivity index (χ3n) is 4.10. The van der Waals surface area contributed by atoms with E-state index in [9.17, 15) is 4.79 Å².